The molecule has 21 heavy (non-hydrogen) atoms. The number of hydrogen-bond acceptors (Lipinski definition) is 2. The van der Waals surface area contributed by atoms with Crippen LogP contribution < -0.4 is 5.32 Å². The van der Waals surface area contributed by atoms with Crippen molar-refractivity contribution in [1.82, 2.24) is 9.88 Å². The number of carbonyl (C=O) groups excluding carboxylic acids is 1. The first-order valence-corrected chi connectivity index (χ1v) is 6.71. The molecule has 0 saturated heterocycles. The summed E-state index contributed by atoms with van der Waals surface area (Å²) in [5.41, 5.74) is 3.55. The van der Waals surface area contributed by atoms with E-state index in [0.29, 0.717) is 12.2 Å². The average molecular weight is 282 g/mol. The third-order valence-electron chi connectivity index (χ3n) is 3.32. The summed E-state index contributed by atoms with van der Waals surface area (Å²) in [5, 5.41) is 11.5. The van der Waals surface area contributed by atoms with Gasteiger partial charge in [0.25, 0.3) is 5.91 Å². The zero-order chi connectivity index (χ0) is 15.2. The molecule has 0 radical (unpaired) electrons. The molecule has 1 aromatic carbocycles. The number of nitrogens with one attached hydrogen (secondary N) is 1. The van der Waals surface area contributed by atoms with Crippen LogP contribution in [0.1, 0.15) is 27.3 Å². The molecule has 0 aliphatic heterocycles. The van der Waals surface area contributed by atoms with Crippen LogP contribution in [0.2, 0.25) is 0 Å². The van der Waals surface area contributed by atoms with Gasteiger partial charge in [0, 0.05) is 24.8 Å². The van der Waals surface area contributed by atoms with Crippen molar-refractivity contribution in [1.29, 1.82) is 0 Å². The molecule has 4 heteroatoms. The van der Waals surface area contributed by atoms with Gasteiger partial charge < -0.3 is 15.0 Å². The van der Waals surface area contributed by atoms with Crippen LogP contribution in [0.15, 0.2) is 36.4 Å². The predicted molar refractivity (Wildman–Crippen MR) is 81.7 cm³/mol. The maximum absolute atomic E-state index is 12.1. The van der Waals surface area contributed by atoms with Crippen LogP contribution in [0, 0.1) is 18.8 Å². The molecule has 1 aromatic heterocycles. The lowest BCUT2D eigenvalue weighted by Gasteiger charge is -2.07. The van der Waals surface area contributed by atoms with Crippen molar-refractivity contribution < 1.29 is 9.90 Å². The van der Waals surface area contributed by atoms with Gasteiger partial charge in [-0.1, -0.05) is 24.0 Å². The van der Waals surface area contributed by atoms with Crippen molar-refractivity contribution in [2.24, 2.45) is 7.05 Å². The highest BCUT2D eigenvalue weighted by molar-refractivity contribution is 5.92. The van der Waals surface area contributed by atoms with Crippen LogP contribution >= 0.6 is 0 Å². The topological polar surface area (TPSA) is 54.3 Å². The zero-order valence-corrected chi connectivity index (χ0v) is 12.2. The first kappa shape index (κ1) is 14.9. The van der Waals surface area contributed by atoms with Gasteiger partial charge in [0.05, 0.1) is 0 Å². The highest BCUT2D eigenvalue weighted by Gasteiger charge is 2.10. The van der Waals surface area contributed by atoms with Crippen molar-refractivity contribution in [3.63, 3.8) is 0 Å². The second kappa shape index (κ2) is 6.78. The van der Waals surface area contributed by atoms with E-state index in [1.807, 2.05) is 54.9 Å². The Balaban J connectivity index is 1.97. The van der Waals surface area contributed by atoms with Gasteiger partial charge in [-0.15, -0.1) is 0 Å². The smallest absolute Gasteiger partial charge is 0.268 e. The first-order chi connectivity index (χ1) is 10.1. The summed E-state index contributed by atoms with van der Waals surface area (Å²) in [6.45, 7) is 2.29. The van der Waals surface area contributed by atoms with Gasteiger partial charge >= 0.3 is 0 Å². The molecule has 0 fully saturated rings. The van der Waals surface area contributed by atoms with Crippen LogP contribution in [-0.2, 0) is 13.6 Å². The highest BCUT2D eigenvalue weighted by Crippen LogP contribution is 2.07. The molecule has 0 atom stereocenters. The van der Waals surface area contributed by atoms with Crippen molar-refractivity contribution in [2.75, 3.05) is 6.61 Å². The molecule has 0 spiro atoms. The quantitative estimate of drug-likeness (QED) is 0.840. The Labute approximate surface area is 124 Å². The van der Waals surface area contributed by atoms with Gasteiger partial charge in [-0.2, -0.15) is 0 Å². The Kier molecular flexibility index (Phi) is 4.81. The largest absolute Gasteiger partial charge is 0.384 e. The van der Waals surface area contributed by atoms with E-state index in [9.17, 15) is 4.79 Å². The van der Waals surface area contributed by atoms with E-state index < -0.39 is 0 Å². The maximum atomic E-state index is 12.1. The lowest BCUT2D eigenvalue weighted by Crippen LogP contribution is -2.25. The lowest BCUT2D eigenvalue weighted by molar-refractivity contribution is 0.0942. The first-order valence-electron chi connectivity index (χ1n) is 6.71. The molecule has 4 nitrogen and oxygen atoms in total. The van der Waals surface area contributed by atoms with Crippen molar-refractivity contribution in [2.45, 2.75) is 13.5 Å². The number of benzene rings is 1. The Bertz CT molecular complexity index is 688. The molecule has 0 bridgehead atoms. The average Bonchev–Trinajstić information content (AvgIpc) is 2.83. The highest BCUT2D eigenvalue weighted by atomic mass is 16.2. The molecule has 2 aromatic rings. The fraction of sp³-hybridized carbons (Fsp3) is 0.235. The molecular formula is C17H18N2O2. The van der Waals surface area contributed by atoms with Crippen LogP contribution in [-0.4, -0.2) is 22.2 Å². The number of hydrogen-bond donors (Lipinski definition) is 2. The minimum atomic E-state index is -0.145. The van der Waals surface area contributed by atoms with Crippen molar-refractivity contribution >= 4 is 5.91 Å². The van der Waals surface area contributed by atoms with E-state index in [2.05, 4.69) is 17.2 Å². The number of carbonyl (C=O) groups is 1. The Hall–Kier alpha value is -2.51. The van der Waals surface area contributed by atoms with E-state index in [0.717, 1.165) is 16.8 Å². The molecular weight excluding hydrogens is 264 g/mol. The fourth-order valence-corrected chi connectivity index (χ4v) is 1.96. The molecule has 0 aliphatic carbocycles. The minimum absolute atomic E-state index is 0.0882. The molecule has 1 amide bonds. The van der Waals surface area contributed by atoms with E-state index in [1.54, 1.807) is 0 Å². The zero-order valence-electron chi connectivity index (χ0n) is 12.2. The van der Waals surface area contributed by atoms with Crippen molar-refractivity contribution in [3.05, 3.63) is 58.9 Å². The molecule has 108 valence electrons. The van der Waals surface area contributed by atoms with Crippen LogP contribution in [0.25, 0.3) is 0 Å². The summed E-state index contributed by atoms with van der Waals surface area (Å²) < 4.78 is 1.86. The monoisotopic (exact) mass is 282 g/mol. The summed E-state index contributed by atoms with van der Waals surface area (Å²) in [7, 11) is 1.87. The van der Waals surface area contributed by atoms with E-state index >= 15 is 0 Å². The van der Waals surface area contributed by atoms with E-state index in [1.165, 1.54) is 0 Å². The van der Waals surface area contributed by atoms with Gasteiger partial charge in [0.2, 0.25) is 0 Å². The summed E-state index contributed by atoms with van der Waals surface area (Å²) in [5.74, 6) is 5.34. The van der Waals surface area contributed by atoms with Gasteiger partial charge in [0.15, 0.2) is 0 Å². The molecule has 0 saturated carbocycles. The number of aliphatic hydroxyl groups is 1. The lowest BCUT2D eigenvalue weighted by atomic mass is 10.1. The molecule has 2 N–H and O–H groups in total. The molecule has 0 unspecified atom stereocenters. The van der Waals surface area contributed by atoms with E-state index in [4.69, 9.17) is 5.11 Å². The van der Waals surface area contributed by atoms with E-state index in [-0.39, 0.29) is 12.5 Å². The number of aryl methyl sites for hydroxylation is 1. The fourth-order valence-electron chi connectivity index (χ4n) is 1.96. The second-order valence-electron chi connectivity index (χ2n) is 4.76. The normalized spacial score (nSPS) is 9.86. The maximum Gasteiger partial charge on any atom is 0.268 e. The molecule has 1 heterocycles. The Morgan fingerprint density at radius 2 is 1.95 bits per heavy atom. The predicted octanol–water partition coefficient (Wildman–Crippen LogP) is 1.61. The van der Waals surface area contributed by atoms with Crippen molar-refractivity contribution in [3.8, 4) is 11.8 Å². The molecule has 2 rings (SSSR count). The number of amides is 1. The third kappa shape index (κ3) is 3.74. The van der Waals surface area contributed by atoms with Gasteiger partial charge in [-0.3, -0.25) is 4.79 Å². The number of aliphatic hydroxyl groups excluding tert-OH is 1. The van der Waals surface area contributed by atoms with Crippen LogP contribution in [0.5, 0.6) is 0 Å². The van der Waals surface area contributed by atoms with Crippen LogP contribution in [0.4, 0.5) is 0 Å². The van der Waals surface area contributed by atoms with Gasteiger partial charge in [-0.25, -0.2) is 0 Å². The molecule has 0 aliphatic rings. The SMILES string of the molecule is Cc1ccc(C(=O)NCc2ccc(C#CCO)cc2)n1C. The van der Waals surface area contributed by atoms with Gasteiger partial charge in [-0.05, 0) is 36.8 Å². The second-order valence-corrected chi connectivity index (χ2v) is 4.76. The number of rotatable bonds is 3. The van der Waals surface area contributed by atoms with Gasteiger partial charge in [0.1, 0.15) is 12.3 Å². The number of nitrogens with zero attached hydrogens (tertiary/aromatic N) is 1. The Morgan fingerprint density at radius 1 is 1.24 bits per heavy atom. The summed E-state index contributed by atoms with van der Waals surface area (Å²) >= 11 is 0. The Morgan fingerprint density at radius 3 is 2.52 bits per heavy atom. The third-order valence-corrected chi connectivity index (χ3v) is 3.32. The minimum Gasteiger partial charge on any atom is -0.384 e. The standard InChI is InChI=1S/C17H18N2O2/c1-13-5-10-16(19(13)2)17(21)18-12-15-8-6-14(7-9-15)4-3-11-20/h5-10,20H,11-12H2,1-2H3,(H,18,21). The summed E-state index contributed by atoms with van der Waals surface area (Å²) in [6.07, 6.45) is 0. The van der Waals surface area contributed by atoms with Crippen LogP contribution in [0.3, 0.4) is 0 Å². The summed E-state index contributed by atoms with van der Waals surface area (Å²) in [6, 6.07) is 11.3. The number of aromatic nitrogens is 1. The summed E-state index contributed by atoms with van der Waals surface area (Å²) in [4.78, 5) is 12.1.